The number of rotatable bonds is 8. The third-order valence-corrected chi connectivity index (χ3v) is 3.70. The van der Waals surface area contributed by atoms with Crippen LogP contribution in [0.2, 0.25) is 0 Å². The molecule has 1 N–H and O–H groups in total. The summed E-state index contributed by atoms with van der Waals surface area (Å²) in [6.45, 7) is 4.50. The fraction of sp³-hybridized carbons (Fsp3) is 0.786. The summed E-state index contributed by atoms with van der Waals surface area (Å²) in [6.07, 6.45) is 6.73. The van der Waals surface area contributed by atoms with Crippen LogP contribution in [0, 0.1) is 5.92 Å². The fourth-order valence-electron chi connectivity index (χ4n) is 2.61. The number of nitrogens with zero attached hydrogens (tertiary/aromatic N) is 2. The Balaban J connectivity index is 2.95. The first-order chi connectivity index (χ1) is 8.69. The molecular weight excluding hydrogens is 226 g/mol. The maximum Gasteiger partial charge on any atom is 0.161 e. The van der Waals surface area contributed by atoms with E-state index in [-0.39, 0.29) is 0 Å². The Morgan fingerprint density at radius 3 is 2.67 bits per heavy atom. The molecule has 1 rings (SSSR count). The van der Waals surface area contributed by atoms with Gasteiger partial charge in [-0.3, -0.25) is 4.68 Å². The largest absolute Gasteiger partial charge is 0.493 e. The summed E-state index contributed by atoms with van der Waals surface area (Å²) in [5.41, 5.74) is 1.16. The van der Waals surface area contributed by atoms with Crippen molar-refractivity contribution in [1.82, 2.24) is 15.1 Å². The molecule has 0 aromatic carbocycles. The topological polar surface area (TPSA) is 39.1 Å². The number of aromatic nitrogens is 2. The van der Waals surface area contributed by atoms with Crippen molar-refractivity contribution in [3.8, 4) is 5.75 Å². The molecule has 0 saturated heterocycles. The standard InChI is InChI=1S/C14H27N3O/c1-6-8-9-11(7-2)13(15-3)14-12(18-5)10-16-17(14)4/h10-11,13,15H,6-9H2,1-5H3. The number of hydrogen-bond donors (Lipinski definition) is 1. The normalized spacial score (nSPS) is 14.5. The molecular formula is C14H27N3O. The third kappa shape index (κ3) is 3.25. The Hall–Kier alpha value is -1.03. The minimum Gasteiger partial charge on any atom is -0.493 e. The summed E-state index contributed by atoms with van der Waals surface area (Å²) in [4.78, 5) is 0. The zero-order valence-corrected chi connectivity index (χ0v) is 12.4. The van der Waals surface area contributed by atoms with Gasteiger partial charge in [-0.1, -0.05) is 33.1 Å². The van der Waals surface area contributed by atoms with E-state index in [9.17, 15) is 0 Å². The van der Waals surface area contributed by atoms with Gasteiger partial charge in [-0.2, -0.15) is 5.10 Å². The highest BCUT2D eigenvalue weighted by molar-refractivity contribution is 5.28. The summed E-state index contributed by atoms with van der Waals surface area (Å²) in [7, 11) is 5.71. The maximum absolute atomic E-state index is 5.42. The number of unbranched alkanes of at least 4 members (excludes halogenated alkanes) is 1. The minimum atomic E-state index is 0.309. The van der Waals surface area contributed by atoms with Crippen molar-refractivity contribution in [3.05, 3.63) is 11.9 Å². The molecule has 0 aliphatic heterocycles. The lowest BCUT2D eigenvalue weighted by Crippen LogP contribution is -2.27. The van der Waals surface area contributed by atoms with Gasteiger partial charge in [0.25, 0.3) is 0 Å². The number of hydrogen-bond acceptors (Lipinski definition) is 3. The van der Waals surface area contributed by atoms with Crippen molar-refractivity contribution in [2.75, 3.05) is 14.2 Å². The maximum atomic E-state index is 5.42. The quantitative estimate of drug-likeness (QED) is 0.774. The number of methoxy groups -OCH3 is 1. The van der Waals surface area contributed by atoms with E-state index in [0.29, 0.717) is 12.0 Å². The smallest absolute Gasteiger partial charge is 0.161 e. The second-order valence-electron chi connectivity index (χ2n) is 4.80. The Morgan fingerprint density at radius 1 is 1.44 bits per heavy atom. The molecule has 0 radical (unpaired) electrons. The van der Waals surface area contributed by atoms with Gasteiger partial charge >= 0.3 is 0 Å². The Morgan fingerprint density at radius 2 is 2.17 bits per heavy atom. The molecule has 0 aliphatic rings. The summed E-state index contributed by atoms with van der Waals surface area (Å²) in [5.74, 6) is 1.51. The number of ether oxygens (including phenoxy) is 1. The van der Waals surface area contributed by atoms with Crippen molar-refractivity contribution in [2.24, 2.45) is 13.0 Å². The predicted octanol–water partition coefficient (Wildman–Crippen LogP) is 2.91. The van der Waals surface area contributed by atoms with Crippen LogP contribution in [0.1, 0.15) is 51.3 Å². The molecule has 0 fully saturated rings. The first-order valence-electron chi connectivity index (χ1n) is 6.92. The van der Waals surface area contributed by atoms with E-state index >= 15 is 0 Å². The minimum absolute atomic E-state index is 0.309. The van der Waals surface area contributed by atoms with Crippen molar-refractivity contribution in [3.63, 3.8) is 0 Å². The van der Waals surface area contributed by atoms with Gasteiger partial charge in [0, 0.05) is 7.05 Å². The molecule has 1 aromatic rings. The second kappa shape index (κ2) is 7.41. The molecule has 1 heterocycles. The zero-order chi connectivity index (χ0) is 13.5. The van der Waals surface area contributed by atoms with Crippen molar-refractivity contribution >= 4 is 0 Å². The van der Waals surface area contributed by atoms with E-state index in [4.69, 9.17) is 4.74 Å². The average molecular weight is 253 g/mol. The molecule has 18 heavy (non-hydrogen) atoms. The van der Waals surface area contributed by atoms with Crippen LogP contribution in [0.3, 0.4) is 0 Å². The molecule has 0 aliphatic carbocycles. The Bertz CT molecular complexity index is 349. The third-order valence-electron chi connectivity index (χ3n) is 3.70. The first-order valence-corrected chi connectivity index (χ1v) is 6.92. The van der Waals surface area contributed by atoms with Crippen LogP contribution in [0.25, 0.3) is 0 Å². The van der Waals surface area contributed by atoms with Crippen LogP contribution in [0.4, 0.5) is 0 Å². The molecule has 4 nitrogen and oxygen atoms in total. The van der Waals surface area contributed by atoms with Crippen molar-refractivity contribution in [2.45, 2.75) is 45.6 Å². The molecule has 2 atom stereocenters. The summed E-state index contributed by atoms with van der Waals surface area (Å²) < 4.78 is 7.35. The van der Waals surface area contributed by atoms with Crippen molar-refractivity contribution in [1.29, 1.82) is 0 Å². The van der Waals surface area contributed by atoms with Crippen molar-refractivity contribution < 1.29 is 4.74 Å². The monoisotopic (exact) mass is 253 g/mol. The average Bonchev–Trinajstić information content (AvgIpc) is 2.76. The van der Waals surface area contributed by atoms with Gasteiger partial charge in [0.05, 0.1) is 25.0 Å². The predicted molar refractivity (Wildman–Crippen MR) is 74.9 cm³/mol. The van der Waals surface area contributed by atoms with E-state index in [2.05, 4.69) is 24.3 Å². The van der Waals surface area contributed by atoms with Gasteiger partial charge in [0.2, 0.25) is 0 Å². The van der Waals surface area contributed by atoms with Gasteiger partial charge < -0.3 is 10.1 Å². The molecule has 4 heteroatoms. The summed E-state index contributed by atoms with van der Waals surface area (Å²) >= 11 is 0. The zero-order valence-electron chi connectivity index (χ0n) is 12.4. The van der Waals surface area contributed by atoms with Crippen LogP contribution in [-0.4, -0.2) is 23.9 Å². The van der Waals surface area contributed by atoms with E-state index in [0.717, 1.165) is 11.4 Å². The highest BCUT2D eigenvalue weighted by atomic mass is 16.5. The highest BCUT2D eigenvalue weighted by Crippen LogP contribution is 2.33. The van der Waals surface area contributed by atoms with E-state index < -0.39 is 0 Å². The Kier molecular flexibility index (Phi) is 6.19. The van der Waals surface area contributed by atoms with Gasteiger partial charge in [0.1, 0.15) is 0 Å². The molecule has 0 amide bonds. The summed E-state index contributed by atoms with van der Waals surface area (Å²) in [6, 6.07) is 0.309. The number of nitrogens with one attached hydrogen (secondary N) is 1. The van der Waals surface area contributed by atoms with Crippen LogP contribution in [0.15, 0.2) is 6.20 Å². The number of aryl methyl sites for hydroxylation is 1. The SMILES string of the molecule is CCCCC(CC)C(NC)c1c(OC)cnn1C. The first kappa shape index (κ1) is 15.0. The lowest BCUT2D eigenvalue weighted by Gasteiger charge is -2.26. The molecule has 0 spiro atoms. The van der Waals surface area contributed by atoms with E-state index in [1.165, 1.54) is 25.7 Å². The van der Waals surface area contributed by atoms with Gasteiger partial charge in [-0.15, -0.1) is 0 Å². The lowest BCUT2D eigenvalue weighted by molar-refractivity contribution is 0.312. The molecule has 0 bridgehead atoms. The summed E-state index contributed by atoms with van der Waals surface area (Å²) in [5, 5.41) is 7.74. The molecule has 2 unspecified atom stereocenters. The van der Waals surface area contributed by atoms with E-state index in [1.54, 1.807) is 13.3 Å². The second-order valence-corrected chi connectivity index (χ2v) is 4.80. The van der Waals surface area contributed by atoms with Crippen LogP contribution >= 0.6 is 0 Å². The van der Waals surface area contributed by atoms with Crippen LogP contribution in [0.5, 0.6) is 5.75 Å². The van der Waals surface area contributed by atoms with E-state index in [1.807, 2.05) is 18.8 Å². The van der Waals surface area contributed by atoms with Crippen LogP contribution < -0.4 is 10.1 Å². The Labute approximate surface area is 111 Å². The van der Waals surface area contributed by atoms with Crippen LogP contribution in [-0.2, 0) is 7.05 Å². The van der Waals surface area contributed by atoms with Gasteiger partial charge in [0.15, 0.2) is 5.75 Å². The highest BCUT2D eigenvalue weighted by Gasteiger charge is 2.26. The fourth-order valence-corrected chi connectivity index (χ4v) is 2.61. The molecule has 0 saturated carbocycles. The lowest BCUT2D eigenvalue weighted by atomic mass is 9.89. The van der Waals surface area contributed by atoms with Gasteiger partial charge in [-0.05, 0) is 19.4 Å². The van der Waals surface area contributed by atoms with Gasteiger partial charge in [-0.25, -0.2) is 0 Å². The molecule has 104 valence electrons. The molecule has 1 aromatic heterocycles.